The van der Waals surface area contributed by atoms with Gasteiger partial charge in [-0.25, -0.2) is 0 Å². The Balaban J connectivity index is 0.00000121. The molecule has 0 aromatic carbocycles. The molecule has 1 aromatic heterocycles. The maximum atomic E-state index is 6.89. The first-order chi connectivity index (χ1) is 5.43. The van der Waals surface area contributed by atoms with E-state index in [0.29, 0.717) is 6.54 Å². The van der Waals surface area contributed by atoms with Gasteiger partial charge in [-0.1, -0.05) is 6.07 Å². The monoisotopic (exact) mass is 291 g/mol. The van der Waals surface area contributed by atoms with Crippen LogP contribution in [0.2, 0.25) is 0 Å². The number of hydrogen-bond donors (Lipinski definition) is 1. The molecule has 0 atom stereocenters. The Labute approximate surface area is 106 Å². The molecule has 3 nitrogen and oxygen atoms in total. The Morgan fingerprint density at radius 1 is 1.42 bits per heavy atom. The third-order valence-corrected chi connectivity index (χ3v) is 1.33. The largest absolute Gasteiger partial charge is 0.676 e. The van der Waals surface area contributed by atoms with Gasteiger partial charge in [0.2, 0.25) is 0 Å². The number of nitrogens with zero attached hydrogens (tertiary/aromatic N) is 1. The number of hydrogen-bond acceptors (Lipinski definition) is 2. The Bertz CT molecular complexity index is 191. The summed E-state index contributed by atoms with van der Waals surface area (Å²) in [5.41, 5.74) is 7.91. The third kappa shape index (κ3) is 5.15. The fraction of sp³-hybridized carbons (Fsp3) is 0.375. The zero-order valence-electron chi connectivity index (χ0n) is 6.96. The summed E-state index contributed by atoms with van der Waals surface area (Å²) in [6.45, 7) is 1.92. The van der Waals surface area contributed by atoms with Crippen LogP contribution in [0, 0.1) is 41.3 Å². The van der Waals surface area contributed by atoms with Gasteiger partial charge in [-0.05, 0) is 18.7 Å². The molecule has 0 unspecified atom stereocenters. The second-order valence-corrected chi connectivity index (χ2v) is 2.25. The molecule has 0 aliphatic rings. The van der Waals surface area contributed by atoms with Crippen LogP contribution in [0.15, 0.2) is 24.4 Å². The van der Waals surface area contributed by atoms with E-state index in [2.05, 4.69) is 10.3 Å². The van der Waals surface area contributed by atoms with Crippen molar-refractivity contribution in [1.82, 2.24) is 10.3 Å². The van der Waals surface area contributed by atoms with Crippen molar-refractivity contribution in [2.45, 2.75) is 6.54 Å². The number of aromatic nitrogens is 1. The fourth-order valence-electron chi connectivity index (χ4n) is 0.808. The first-order valence-corrected chi connectivity index (χ1v) is 3.68. The molecule has 1 radical (unpaired) electrons. The minimum absolute atomic E-state index is 0. The van der Waals surface area contributed by atoms with Gasteiger partial charge in [-0.2, -0.15) is 0 Å². The summed E-state index contributed by atoms with van der Waals surface area (Å²) in [5.74, 6) is 0. The second-order valence-electron chi connectivity index (χ2n) is 2.25. The minimum Gasteiger partial charge on any atom is -0.676 e. The van der Waals surface area contributed by atoms with E-state index < -0.39 is 0 Å². The third-order valence-electron chi connectivity index (χ3n) is 1.33. The summed E-state index contributed by atoms with van der Waals surface area (Å²) in [6.07, 6.45) is 1.78. The van der Waals surface area contributed by atoms with Gasteiger partial charge in [0, 0.05) is 54.0 Å². The number of rotatable bonds is 4. The first-order valence-electron chi connectivity index (χ1n) is 3.68. The Kier molecular flexibility index (Phi) is 8.34. The average molecular weight is 291 g/mol. The molecule has 1 rings (SSSR count). The van der Waals surface area contributed by atoms with E-state index in [0.717, 1.165) is 18.8 Å². The molecule has 0 saturated carbocycles. The van der Waals surface area contributed by atoms with Crippen LogP contribution < -0.4 is 5.32 Å². The molecular formula is C8H12N3Pr-. The quantitative estimate of drug-likeness (QED) is 0.848. The molecule has 0 amide bonds. The van der Waals surface area contributed by atoms with Crippen molar-refractivity contribution in [1.29, 1.82) is 0 Å². The van der Waals surface area contributed by atoms with Gasteiger partial charge in [0.1, 0.15) is 0 Å². The van der Waals surface area contributed by atoms with Crippen LogP contribution in [0.25, 0.3) is 5.73 Å². The molecular weight excluding hydrogens is 279 g/mol. The Hall–Kier alpha value is 0.434. The molecule has 2 N–H and O–H groups in total. The topological polar surface area (TPSA) is 48.7 Å². The molecule has 63 valence electrons. The molecule has 12 heavy (non-hydrogen) atoms. The second kappa shape index (κ2) is 8.05. The van der Waals surface area contributed by atoms with E-state index in [9.17, 15) is 0 Å². The van der Waals surface area contributed by atoms with Gasteiger partial charge in [-0.3, -0.25) is 4.98 Å². The van der Waals surface area contributed by atoms with Gasteiger partial charge >= 0.3 is 0 Å². The fourth-order valence-corrected chi connectivity index (χ4v) is 0.808. The van der Waals surface area contributed by atoms with Crippen LogP contribution in [0.3, 0.4) is 0 Å². The smallest absolute Gasteiger partial charge is 0.0541 e. The maximum Gasteiger partial charge on any atom is 0.0541 e. The van der Waals surface area contributed by atoms with Crippen molar-refractivity contribution in [2.24, 2.45) is 0 Å². The molecule has 0 aliphatic carbocycles. The van der Waals surface area contributed by atoms with Crippen LogP contribution in [0.5, 0.6) is 0 Å². The molecule has 1 aromatic rings. The van der Waals surface area contributed by atoms with Crippen molar-refractivity contribution in [3.63, 3.8) is 0 Å². The average Bonchev–Trinajstić information content (AvgIpc) is 2.07. The molecule has 0 aliphatic heterocycles. The number of nitrogens with one attached hydrogen (secondary N) is 2. The van der Waals surface area contributed by atoms with Crippen molar-refractivity contribution in [3.05, 3.63) is 35.8 Å². The van der Waals surface area contributed by atoms with Crippen molar-refractivity contribution in [2.75, 3.05) is 13.1 Å². The predicted octanol–water partition coefficient (Wildman–Crippen LogP) is 1.22. The maximum absolute atomic E-state index is 6.89. The van der Waals surface area contributed by atoms with Gasteiger partial charge < -0.3 is 11.1 Å². The van der Waals surface area contributed by atoms with E-state index >= 15 is 0 Å². The van der Waals surface area contributed by atoms with Gasteiger partial charge in [0.25, 0.3) is 0 Å². The van der Waals surface area contributed by atoms with E-state index in [1.54, 1.807) is 6.20 Å². The van der Waals surface area contributed by atoms with Gasteiger partial charge in [0.15, 0.2) is 0 Å². The molecule has 4 heteroatoms. The predicted molar refractivity (Wildman–Crippen MR) is 45.1 cm³/mol. The Morgan fingerprint density at radius 2 is 2.25 bits per heavy atom. The van der Waals surface area contributed by atoms with Crippen LogP contribution >= 0.6 is 0 Å². The summed E-state index contributed by atoms with van der Waals surface area (Å²) in [6, 6.07) is 5.83. The molecule has 0 saturated heterocycles. The zero-order valence-corrected chi connectivity index (χ0v) is 10.7. The van der Waals surface area contributed by atoms with Gasteiger partial charge in [-0.15, -0.1) is 6.54 Å². The summed E-state index contributed by atoms with van der Waals surface area (Å²) >= 11 is 0. The molecule has 0 spiro atoms. The molecule has 0 bridgehead atoms. The van der Waals surface area contributed by atoms with Gasteiger partial charge in [0.05, 0.1) is 5.69 Å². The van der Waals surface area contributed by atoms with Crippen LogP contribution in [0.4, 0.5) is 0 Å². The standard InChI is InChI=1S/C8H12N3.Pr/c9-4-6-10-7-8-3-1-2-5-11-8;/h1-3,5,9-10H,4,6-7H2;/q-1;. The number of pyridine rings is 1. The normalized spacial score (nSPS) is 9.08. The van der Waals surface area contributed by atoms with Crippen molar-refractivity contribution >= 4 is 0 Å². The van der Waals surface area contributed by atoms with Crippen LogP contribution in [-0.4, -0.2) is 18.1 Å². The van der Waals surface area contributed by atoms with Crippen molar-refractivity contribution in [3.8, 4) is 0 Å². The zero-order chi connectivity index (χ0) is 7.94. The summed E-state index contributed by atoms with van der Waals surface area (Å²) in [5, 5.41) is 3.10. The van der Waals surface area contributed by atoms with E-state index in [1.165, 1.54) is 0 Å². The summed E-state index contributed by atoms with van der Waals surface area (Å²) in [7, 11) is 0. The van der Waals surface area contributed by atoms with E-state index in [4.69, 9.17) is 5.73 Å². The van der Waals surface area contributed by atoms with E-state index in [-0.39, 0.29) is 41.3 Å². The van der Waals surface area contributed by atoms with Crippen LogP contribution in [-0.2, 0) is 6.54 Å². The molecule has 1 heterocycles. The van der Waals surface area contributed by atoms with Crippen LogP contribution in [0.1, 0.15) is 5.69 Å². The Morgan fingerprint density at radius 3 is 2.83 bits per heavy atom. The van der Waals surface area contributed by atoms with Crippen molar-refractivity contribution < 1.29 is 41.3 Å². The van der Waals surface area contributed by atoms with E-state index in [1.807, 2.05) is 18.2 Å². The SMILES string of the molecule is [NH-]CCNCc1ccccn1.[Pr]. The first kappa shape index (κ1) is 12.4. The summed E-state index contributed by atoms with van der Waals surface area (Å²) < 4.78 is 0. The summed E-state index contributed by atoms with van der Waals surface area (Å²) in [4.78, 5) is 4.13. The minimum atomic E-state index is 0. The molecule has 0 fully saturated rings.